The summed E-state index contributed by atoms with van der Waals surface area (Å²) in [5.74, 6) is -0.425. The van der Waals surface area contributed by atoms with Gasteiger partial charge in [-0.15, -0.1) is 0 Å². The molecule has 2 heterocycles. The Balaban J connectivity index is 1.53. The van der Waals surface area contributed by atoms with Crippen molar-refractivity contribution in [2.45, 2.75) is 31.7 Å². The number of carboxylic acid groups (broad SMARTS) is 1. The first-order valence-electron chi connectivity index (χ1n) is 11.4. The molecular formula is C25H29N4O5S-. The van der Waals surface area contributed by atoms with E-state index in [0.717, 1.165) is 27.8 Å². The Morgan fingerprint density at radius 3 is 2.66 bits per heavy atom. The van der Waals surface area contributed by atoms with Crippen molar-refractivity contribution in [2.24, 2.45) is 28.3 Å². The molecule has 1 fully saturated rings. The summed E-state index contributed by atoms with van der Waals surface area (Å²) in [5, 5.41) is 23.9. The van der Waals surface area contributed by atoms with Crippen LogP contribution in [-0.2, 0) is 15.3 Å². The van der Waals surface area contributed by atoms with Gasteiger partial charge in [-0.25, -0.2) is 0 Å². The van der Waals surface area contributed by atoms with Gasteiger partial charge in [0.15, 0.2) is 5.96 Å². The van der Waals surface area contributed by atoms with Crippen molar-refractivity contribution < 1.29 is 24.5 Å². The van der Waals surface area contributed by atoms with Gasteiger partial charge in [0.05, 0.1) is 36.3 Å². The van der Waals surface area contributed by atoms with Crippen LogP contribution in [-0.4, -0.2) is 58.9 Å². The number of fused-ring (bicyclic) bond motifs is 2. The SMILES string of the molecule is C[C@@H](O)[C@H]1C(=O)N2C(C(=O)[O-])=C(COc3cccc4c(CSCCN=C(N)N)cccc34)[C@H](C)[C@H]12. The van der Waals surface area contributed by atoms with Crippen molar-refractivity contribution in [1.29, 1.82) is 0 Å². The standard InChI is InChI=1S/C25H30N4O5S/c1-13-18(22(24(32)33)29-21(13)20(14(2)30)23(29)31)11-34-19-8-4-6-16-15(5-3-7-17(16)19)12-35-10-9-28-25(26)27/h3-8,13-14,20-21,30H,9-12H2,1-2H3,(H,32,33)(H4,26,27,28)/p-1/t13-,14+,20+,21+/m0/s1. The quantitative estimate of drug-likeness (QED) is 0.186. The Labute approximate surface area is 207 Å². The summed E-state index contributed by atoms with van der Waals surface area (Å²) in [6, 6.07) is 11.3. The van der Waals surface area contributed by atoms with E-state index >= 15 is 0 Å². The van der Waals surface area contributed by atoms with Gasteiger partial charge >= 0.3 is 0 Å². The lowest BCUT2D eigenvalue weighted by molar-refractivity contribution is -0.301. The molecule has 2 aromatic rings. The van der Waals surface area contributed by atoms with Crippen molar-refractivity contribution >= 4 is 40.4 Å². The number of guanidine groups is 1. The Bertz CT molecular complexity index is 1210. The predicted octanol–water partition coefficient (Wildman–Crippen LogP) is 0.587. The first-order valence-corrected chi connectivity index (χ1v) is 12.6. The highest BCUT2D eigenvalue weighted by atomic mass is 32.2. The van der Waals surface area contributed by atoms with Crippen LogP contribution >= 0.6 is 11.8 Å². The predicted molar refractivity (Wildman–Crippen MR) is 133 cm³/mol. The maximum absolute atomic E-state index is 12.5. The lowest BCUT2D eigenvalue weighted by Crippen LogP contribution is -2.64. The van der Waals surface area contributed by atoms with E-state index in [-0.39, 0.29) is 24.2 Å². The zero-order valence-corrected chi connectivity index (χ0v) is 20.5. The van der Waals surface area contributed by atoms with Crippen LogP contribution in [0.4, 0.5) is 0 Å². The van der Waals surface area contributed by atoms with Crippen molar-refractivity contribution in [2.75, 3.05) is 18.9 Å². The normalized spacial score (nSPS) is 22.1. The Kier molecular flexibility index (Phi) is 7.23. The van der Waals surface area contributed by atoms with Crippen LogP contribution in [0.3, 0.4) is 0 Å². The third-order valence-electron chi connectivity index (χ3n) is 6.65. The van der Waals surface area contributed by atoms with Crippen molar-refractivity contribution in [1.82, 2.24) is 4.90 Å². The third-order valence-corrected chi connectivity index (χ3v) is 7.64. The van der Waals surface area contributed by atoms with E-state index < -0.39 is 29.9 Å². The van der Waals surface area contributed by atoms with E-state index in [0.29, 0.717) is 17.9 Å². The summed E-state index contributed by atoms with van der Waals surface area (Å²) >= 11 is 1.72. The Morgan fingerprint density at radius 2 is 1.97 bits per heavy atom. The molecule has 2 aliphatic heterocycles. The van der Waals surface area contributed by atoms with Gasteiger partial charge in [0.1, 0.15) is 12.4 Å². The molecule has 0 bridgehead atoms. The van der Waals surface area contributed by atoms with Gasteiger partial charge in [0.2, 0.25) is 5.91 Å². The fraction of sp³-hybridized carbons (Fsp3) is 0.400. The third kappa shape index (κ3) is 4.68. The van der Waals surface area contributed by atoms with Crippen LogP contribution in [0, 0.1) is 11.8 Å². The molecule has 0 saturated carbocycles. The number of hydrogen-bond donors (Lipinski definition) is 3. The van der Waals surface area contributed by atoms with Crippen LogP contribution in [0.15, 0.2) is 52.7 Å². The van der Waals surface area contributed by atoms with Crippen LogP contribution in [0.2, 0.25) is 0 Å². The number of carboxylic acids is 1. The lowest BCUT2D eigenvalue weighted by atomic mass is 9.78. The molecule has 0 spiro atoms. The highest BCUT2D eigenvalue weighted by Crippen LogP contribution is 2.47. The lowest BCUT2D eigenvalue weighted by Gasteiger charge is -2.47. The highest BCUT2D eigenvalue weighted by molar-refractivity contribution is 7.98. The molecule has 0 radical (unpaired) electrons. The minimum Gasteiger partial charge on any atom is -0.543 e. The molecule has 2 aromatic carbocycles. The zero-order chi connectivity index (χ0) is 25.3. The van der Waals surface area contributed by atoms with E-state index in [2.05, 4.69) is 11.1 Å². The maximum Gasteiger partial charge on any atom is 0.235 e. The number of ether oxygens (including phenoxy) is 1. The number of benzene rings is 2. The second kappa shape index (κ2) is 10.2. The molecule has 9 nitrogen and oxygen atoms in total. The fourth-order valence-electron chi connectivity index (χ4n) is 5.00. The van der Waals surface area contributed by atoms with Gasteiger partial charge in [0, 0.05) is 22.8 Å². The van der Waals surface area contributed by atoms with E-state index in [1.165, 1.54) is 4.90 Å². The molecule has 35 heavy (non-hydrogen) atoms. The average molecular weight is 498 g/mol. The van der Waals surface area contributed by atoms with Gasteiger partial charge in [-0.3, -0.25) is 9.79 Å². The summed E-state index contributed by atoms with van der Waals surface area (Å²) in [4.78, 5) is 29.7. The molecule has 4 rings (SSSR count). The highest BCUT2D eigenvalue weighted by Gasteiger charge is 2.58. The monoisotopic (exact) mass is 497 g/mol. The van der Waals surface area contributed by atoms with Gasteiger partial charge in [-0.2, -0.15) is 11.8 Å². The van der Waals surface area contributed by atoms with Crippen molar-refractivity contribution in [3.05, 3.63) is 53.2 Å². The van der Waals surface area contributed by atoms with Crippen LogP contribution in [0.5, 0.6) is 5.75 Å². The minimum absolute atomic E-state index is 0.00783. The number of nitrogens with zero attached hydrogens (tertiary/aromatic N) is 2. The number of aliphatic hydroxyl groups excluding tert-OH is 1. The molecule has 186 valence electrons. The van der Waals surface area contributed by atoms with Gasteiger partial charge in [-0.05, 0) is 29.5 Å². The molecule has 10 heteroatoms. The molecule has 0 unspecified atom stereocenters. The van der Waals surface area contributed by atoms with E-state index in [9.17, 15) is 19.8 Å². The summed E-state index contributed by atoms with van der Waals surface area (Å²) in [7, 11) is 0. The topological polar surface area (TPSA) is 154 Å². The average Bonchev–Trinajstić information content (AvgIpc) is 3.05. The first-order chi connectivity index (χ1) is 16.7. The second-order valence-corrected chi connectivity index (χ2v) is 9.94. The number of carbonyl (C=O) groups excluding carboxylic acids is 2. The van der Waals surface area contributed by atoms with E-state index in [4.69, 9.17) is 16.2 Å². The molecule has 4 atom stereocenters. The summed E-state index contributed by atoms with van der Waals surface area (Å²) in [6.07, 6.45) is -0.858. The number of hydrogen-bond acceptors (Lipinski definition) is 7. The van der Waals surface area contributed by atoms with Gasteiger partial charge in [0.25, 0.3) is 0 Å². The number of rotatable bonds is 10. The Morgan fingerprint density at radius 1 is 1.26 bits per heavy atom. The first kappa shape index (κ1) is 24.9. The van der Waals surface area contributed by atoms with E-state index in [1.807, 2.05) is 37.3 Å². The number of aliphatic hydroxyl groups is 1. The summed E-state index contributed by atoms with van der Waals surface area (Å²) < 4.78 is 6.13. The summed E-state index contributed by atoms with van der Waals surface area (Å²) in [6.45, 7) is 3.96. The fourth-order valence-corrected chi connectivity index (χ4v) is 5.83. The molecular weight excluding hydrogens is 468 g/mol. The molecule has 5 N–H and O–H groups in total. The minimum atomic E-state index is -1.41. The largest absolute Gasteiger partial charge is 0.543 e. The number of aliphatic imine (C=N–C) groups is 1. The van der Waals surface area contributed by atoms with Gasteiger partial charge in [-0.1, -0.05) is 37.3 Å². The molecule has 1 amide bonds. The number of amides is 1. The molecule has 0 aliphatic carbocycles. The van der Waals surface area contributed by atoms with Crippen molar-refractivity contribution in [3.8, 4) is 5.75 Å². The number of thioether (sulfide) groups is 1. The number of β-lactam (4-membered cyclic amide) rings is 1. The number of aliphatic carboxylic acids is 1. The Hall–Kier alpha value is -3.24. The zero-order valence-electron chi connectivity index (χ0n) is 19.6. The van der Waals surface area contributed by atoms with Crippen LogP contribution < -0.4 is 21.3 Å². The molecule has 0 aromatic heterocycles. The van der Waals surface area contributed by atoms with Gasteiger partial charge < -0.3 is 36.1 Å². The summed E-state index contributed by atoms with van der Waals surface area (Å²) in [5.41, 5.74) is 12.2. The number of carbonyl (C=O) groups is 2. The maximum atomic E-state index is 12.5. The van der Waals surface area contributed by atoms with Crippen molar-refractivity contribution in [3.63, 3.8) is 0 Å². The van der Waals surface area contributed by atoms with E-state index in [1.54, 1.807) is 18.7 Å². The molecule has 1 saturated heterocycles. The molecule has 2 aliphatic rings. The number of nitrogens with two attached hydrogens (primary N) is 2. The second-order valence-electron chi connectivity index (χ2n) is 8.83. The smallest absolute Gasteiger partial charge is 0.235 e. The van der Waals surface area contributed by atoms with Crippen LogP contribution in [0.1, 0.15) is 19.4 Å². The van der Waals surface area contributed by atoms with Crippen LogP contribution in [0.25, 0.3) is 10.8 Å².